The van der Waals surface area contributed by atoms with Crippen LogP contribution >= 0.6 is 11.6 Å². The van der Waals surface area contributed by atoms with Gasteiger partial charge in [-0.2, -0.15) is 0 Å². The molecule has 2 heterocycles. The topological polar surface area (TPSA) is 54.3 Å². The molecule has 0 saturated carbocycles. The van der Waals surface area contributed by atoms with Crippen molar-refractivity contribution in [2.75, 3.05) is 0 Å². The van der Waals surface area contributed by atoms with Crippen molar-refractivity contribution in [2.24, 2.45) is 0 Å². The van der Waals surface area contributed by atoms with Crippen molar-refractivity contribution in [3.05, 3.63) is 93.9 Å². The second-order valence-electron chi connectivity index (χ2n) is 7.11. The molecule has 1 fully saturated rings. The second kappa shape index (κ2) is 7.60. The Kier molecular flexibility index (Phi) is 4.99. The molecule has 29 heavy (non-hydrogen) atoms. The van der Waals surface area contributed by atoms with E-state index in [4.69, 9.17) is 11.6 Å². The molecule has 6 heteroatoms. The second-order valence-corrected chi connectivity index (χ2v) is 7.51. The van der Waals surface area contributed by atoms with Crippen molar-refractivity contribution < 1.29 is 9.59 Å². The maximum Gasteiger partial charge on any atom is 0.329 e. The first-order valence-electron chi connectivity index (χ1n) is 9.26. The van der Waals surface area contributed by atoms with Gasteiger partial charge in [0.2, 0.25) is 0 Å². The molecule has 4 rings (SSSR count). The van der Waals surface area contributed by atoms with Crippen LogP contribution in [0.1, 0.15) is 22.4 Å². The minimum atomic E-state index is -0.417. The fourth-order valence-corrected chi connectivity index (χ4v) is 3.51. The van der Waals surface area contributed by atoms with E-state index in [9.17, 15) is 9.59 Å². The maximum absolute atomic E-state index is 12.8. The molecule has 146 valence electrons. The van der Waals surface area contributed by atoms with E-state index in [-0.39, 0.29) is 18.1 Å². The van der Waals surface area contributed by atoms with E-state index in [0.29, 0.717) is 5.02 Å². The lowest BCUT2D eigenvalue weighted by molar-refractivity contribution is -0.123. The Labute approximate surface area is 174 Å². The van der Waals surface area contributed by atoms with Gasteiger partial charge in [0.15, 0.2) is 0 Å². The SMILES string of the molecule is Cc1cccc(CN2C(=O)N/C(=C/c3cccn3-c3ccc(C)c(Cl)c3)C2=O)c1. The van der Waals surface area contributed by atoms with Gasteiger partial charge in [0.25, 0.3) is 5.91 Å². The van der Waals surface area contributed by atoms with Gasteiger partial charge in [0.05, 0.1) is 6.54 Å². The number of urea groups is 1. The first kappa shape index (κ1) is 19.0. The lowest BCUT2D eigenvalue weighted by Crippen LogP contribution is -2.30. The number of hydrogen-bond donors (Lipinski definition) is 1. The van der Waals surface area contributed by atoms with Gasteiger partial charge >= 0.3 is 6.03 Å². The van der Waals surface area contributed by atoms with Crippen LogP contribution in [0.4, 0.5) is 4.79 Å². The Morgan fingerprint density at radius 2 is 1.86 bits per heavy atom. The van der Waals surface area contributed by atoms with Crippen molar-refractivity contribution in [3.63, 3.8) is 0 Å². The van der Waals surface area contributed by atoms with Gasteiger partial charge in [-0.15, -0.1) is 0 Å². The summed E-state index contributed by atoms with van der Waals surface area (Å²) in [4.78, 5) is 26.4. The van der Waals surface area contributed by atoms with E-state index >= 15 is 0 Å². The van der Waals surface area contributed by atoms with Crippen LogP contribution in [0.25, 0.3) is 11.8 Å². The minimum absolute atomic E-state index is 0.234. The number of nitrogens with one attached hydrogen (secondary N) is 1. The molecule has 0 bridgehead atoms. The molecule has 0 radical (unpaired) electrons. The number of aromatic nitrogens is 1. The smallest absolute Gasteiger partial charge is 0.317 e. The third-order valence-electron chi connectivity index (χ3n) is 4.89. The lowest BCUT2D eigenvalue weighted by atomic mass is 10.1. The molecule has 0 unspecified atom stereocenters. The first-order valence-corrected chi connectivity index (χ1v) is 9.64. The lowest BCUT2D eigenvalue weighted by Gasteiger charge is -2.12. The quantitative estimate of drug-likeness (QED) is 0.498. The van der Waals surface area contributed by atoms with Gasteiger partial charge < -0.3 is 9.88 Å². The van der Waals surface area contributed by atoms with E-state index in [1.54, 1.807) is 6.08 Å². The van der Waals surface area contributed by atoms with E-state index in [1.807, 2.05) is 79.2 Å². The Balaban J connectivity index is 1.61. The predicted molar refractivity (Wildman–Crippen MR) is 114 cm³/mol. The zero-order chi connectivity index (χ0) is 20.5. The van der Waals surface area contributed by atoms with Gasteiger partial charge in [-0.25, -0.2) is 4.79 Å². The summed E-state index contributed by atoms with van der Waals surface area (Å²) < 4.78 is 1.92. The van der Waals surface area contributed by atoms with Gasteiger partial charge in [-0.3, -0.25) is 9.69 Å². The standard InChI is InChI=1S/C23H20ClN3O2/c1-15-5-3-6-17(11-15)14-27-22(28)21(25-23(27)29)13-18-7-4-10-26(18)19-9-8-16(2)20(24)12-19/h3-13H,14H2,1-2H3,(H,25,29)/b21-13+. The van der Waals surface area contributed by atoms with Crippen LogP contribution in [-0.2, 0) is 11.3 Å². The molecule has 3 amide bonds. The number of amides is 3. The van der Waals surface area contributed by atoms with Crippen molar-refractivity contribution >= 4 is 29.6 Å². The highest BCUT2D eigenvalue weighted by molar-refractivity contribution is 6.31. The van der Waals surface area contributed by atoms with Crippen molar-refractivity contribution in [2.45, 2.75) is 20.4 Å². The zero-order valence-corrected chi connectivity index (χ0v) is 16.9. The number of hydrogen-bond acceptors (Lipinski definition) is 2. The summed E-state index contributed by atoms with van der Waals surface area (Å²) in [7, 11) is 0. The van der Waals surface area contributed by atoms with Crippen LogP contribution in [-0.4, -0.2) is 21.4 Å². The summed E-state index contributed by atoms with van der Waals surface area (Å²) in [5, 5.41) is 3.36. The number of rotatable bonds is 4. The minimum Gasteiger partial charge on any atom is -0.317 e. The summed E-state index contributed by atoms with van der Waals surface area (Å²) in [6, 6.07) is 16.9. The van der Waals surface area contributed by atoms with E-state index in [1.165, 1.54) is 4.90 Å². The summed E-state index contributed by atoms with van der Waals surface area (Å²) in [5.41, 5.74) is 4.89. The van der Waals surface area contributed by atoms with Crippen molar-refractivity contribution in [1.29, 1.82) is 0 Å². The van der Waals surface area contributed by atoms with E-state index < -0.39 is 6.03 Å². The zero-order valence-electron chi connectivity index (χ0n) is 16.1. The first-order chi connectivity index (χ1) is 13.9. The summed E-state index contributed by atoms with van der Waals surface area (Å²) in [6.45, 7) is 4.16. The van der Waals surface area contributed by atoms with Gasteiger partial charge in [-0.1, -0.05) is 47.5 Å². The van der Waals surface area contributed by atoms with Gasteiger partial charge in [-0.05, 0) is 55.3 Å². The maximum atomic E-state index is 12.8. The third-order valence-corrected chi connectivity index (χ3v) is 5.30. The largest absolute Gasteiger partial charge is 0.329 e. The molecule has 1 aliphatic heterocycles. The average Bonchev–Trinajstić information content (AvgIpc) is 3.24. The monoisotopic (exact) mass is 405 g/mol. The number of benzene rings is 2. The van der Waals surface area contributed by atoms with Gasteiger partial charge in [0, 0.05) is 22.6 Å². The van der Waals surface area contributed by atoms with Crippen LogP contribution in [0.2, 0.25) is 5.02 Å². The highest BCUT2D eigenvalue weighted by Crippen LogP contribution is 2.23. The summed E-state index contributed by atoms with van der Waals surface area (Å²) in [5.74, 6) is -0.341. The van der Waals surface area contributed by atoms with E-state index in [2.05, 4.69) is 5.32 Å². The molecular weight excluding hydrogens is 386 g/mol. The molecule has 1 N–H and O–H groups in total. The molecule has 1 aromatic heterocycles. The molecular formula is C23H20ClN3O2. The fourth-order valence-electron chi connectivity index (χ4n) is 3.33. The average molecular weight is 406 g/mol. The summed E-state index contributed by atoms with van der Waals surface area (Å²) in [6.07, 6.45) is 3.57. The van der Waals surface area contributed by atoms with Crippen LogP contribution in [0.5, 0.6) is 0 Å². The summed E-state index contributed by atoms with van der Waals surface area (Å²) >= 11 is 6.26. The van der Waals surface area contributed by atoms with Gasteiger partial charge in [0.1, 0.15) is 5.70 Å². The molecule has 0 aliphatic carbocycles. The number of carbonyl (C=O) groups is 2. The van der Waals surface area contributed by atoms with Crippen LogP contribution < -0.4 is 5.32 Å². The Bertz CT molecular complexity index is 1150. The Morgan fingerprint density at radius 3 is 2.62 bits per heavy atom. The highest BCUT2D eigenvalue weighted by Gasteiger charge is 2.33. The number of aryl methyl sites for hydroxylation is 2. The number of nitrogens with zero attached hydrogens (tertiary/aromatic N) is 2. The normalized spacial score (nSPS) is 15.3. The van der Waals surface area contributed by atoms with Crippen molar-refractivity contribution in [1.82, 2.24) is 14.8 Å². The van der Waals surface area contributed by atoms with Crippen molar-refractivity contribution in [3.8, 4) is 5.69 Å². The van der Waals surface area contributed by atoms with Crippen LogP contribution in [0.15, 0.2) is 66.5 Å². The Morgan fingerprint density at radius 1 is 1.03 bits per heavy atom. The van der Waals surface area contributed by atoms with Crippen LogP contribution in [0.3, 0.4) is 0 Å². The molecule has 1 aliphatic rings. The number of imide groups is 1. The molecule has 3 aromatic rings. The predicted octanol–water partition coefficient (Wildman–Crippen LogP) is 4.84. The molecule has 2 aromatic carbocycles. The van der Waals surface area contributed by atoms with Crippen LogP contribution in [0, 0.1) is 13.8 Å². The molecule has 0 atom stereocenters. The molecule has 0 spiro atoms. The highest BCUT2D eigenvalue weighted by atomic mass is 35.5. The number of halogens is 1. The molecule has 1 saturated heterocycles. The van der Waals surface area contributed by atoms with E-state index in [0.717, 1.165) is 28.1 Å². The number of carbonyl (C=O) groups excluding carboxylic acids is 2. The fraction of sp³-hybridized carbons (Fsp3) is 0.130. The molecule has 5 nitrogen and oxygen atoms in total. The Hall–Kier alpha value is -3.31. The third kappa shape index (κ3) is 3.82.